The number of aromatic nitrogens is 3. The highest BCUT2D eigenvalue weighted by Gasteiger charge is 2.26. The van der Waals surface area contributed by atoms with Crippen molar-refractivity contribution in [1.29, 1.82) is 5.26 Å². The third-order valence-electron chi connectivity index (χ3n) is 4.53. The number of piperidine rings is 1. The molecule has 0 radical (unpaired) electrons. The Morgan fingerprint density at radius 3 is 2.83 bits per heavy atom. The first kappa shape index (κ1) is 16.2. The van der Waals surface area contributed by atoms with Crippen molar-refractivity contribution in [2.45, 2.75) is 32.7 Å². The summed E-state index contributed by atoms with van der Waals surface area (Å²) < 4.78 is 0. The summed E-state index contributed by atoms with van der Waals surface area (Å²) in [4.78, 5) is 17.6. The molecule has 3 rings (SSSR count). The van der Waals surface area contributed by atoms with Crippen molar-refractivity contribution < 1.29 is 0 Å². The second-order valence-corrected chi connectivity index (χ2v) is 6.31. The largest absolute Gasteiger partial charge is 0.355 e. The van der Waals surface area contributed by atoms with Crippen LogP contribution in [0.25, 0.3) is 0 Å². The van der Waals surface area contributed by atoms with Crippen LogP contribution >= 0.6 is 0 Å². The summed E-state index contributed by atoms with van der Waals surface area (Å²) in [5.41, 5.74) is 2.54. The first-order chi connectivity index (χ1) is 11.6. The van der Waals surface area contributed by atoms with E-state index in [0.29, 0.717) is 11.6 Å². The zero-order valence-electron chi connectivity index (χ0n) is 14.4. The lowest BCUT2D eigenvalue weighted by Gasteiger charge is -2.39. The van der Waals surface area contributed by atoms with Gasteiger partial charge in [-0.1, -0.05) is 0 Å². The Balaban J connectivity index is 1.82. The van der Waals surface area contributed by atoms with Gasteiger partial charge in [0, 0.05) is 43.6 Å². The number of nitriles is 1. The van der Waals surface area contributed by atoms with Crippen LogP contribution in [0.15, 0.2) is 24.5 Å². The van der Waals surface area contributed by atoms with E-state index in [1.165, 1.54) is 0 Å². The summed E-state index contributed by atoms with van der Waals surface area (Å²) in [6.07, 6.45) is 3.78. The molecule has 1 saturated heterocycles. The average Bonchev–Trinajstić information content (AvgIpc) is 2.61. The molecule has 0 aromatic carbocycles. The molecule has 2 aromatic heterocycles. The average molecular weight is 322 g/mol. The fourth-order valence-electron chi connectivity index (χ4n) is 3.15. The number of anilines is 2. The summed E-state index contributed by atoms with van der Waals surface area (Å²) in [5.74, 6) is 1.74. The fourth-order valence-corrected chi connectivity index (χ4v) is 3.15. The number of rotatable bonds is 3. The Bertz CT molecular complexity index is 766. The molecule has 0 amide bonds. The van der Waals surface area contributed by atoms with Crippen LogP contribution in [-0.4, -0.2) is 41.1 Å². The lowest BCUT2D eigenvalue weighted by Crippen LogP contribution is -2.47. The van der Waals surface area contributed by atoms with Crippen LogP contribution in [0.3, 0.4) is 0 Å². The van der Waals surface area contributed by atoms with E-state index in [1.807, 2.05) is 32.0 Å². The fraction of sp³-hybridized carbons (Fsp3) is 0.444. The van der Waals surface area contributed by atoms with Crippen LogP contribution in [0.1, 0.15) is 29.8 Å². The van der Waals surface area contributed by atoms with Crippen LogP contribution in [0.4, 0.5) is 11.6 Å². The molecule has 0 N–H and O–H groups in total. The molecule has 1 aliphatic heterocycles. The maximum atomic E-state index is 9.38. The smallest absolute Gasteiger partial charge is 0.146 e. The first-order valence-corrected chi connectivity index (χ1v) is 8.22. The van der Waals surface area contributed by atoms with E-state index in [4.69, 9.17) is 0 Å². The molecular formula is C18H22N6. The van der Waals surface area contributed by atoms with Gasteiger partial charge in [-0.3, -0.25) is 0 Å². The van der Waals surface area contributed by atoms with Gasteiger partial charge in [0.25, 0.3) is 0 Å². The minimum Gasteiger partial charge on any atom is -0.355 e. The third kappa shape index (κ3) is 3.30. The lowest BCUT2D eigenvalue weighted by molar-refractivity contribution is 0.483. The van der Waals surface area contributed by atoms with Gasteiger partial charge in [0.2, 0.25) is 0 Å². The molecule has 1 aliphatic rings. The Labute approximate surface area is 142 Å². The molecule has 24 heavy (non-hydrogen) atoms. The third-order valence-corrected chi connectivity index (χ3v) is 4.53. The molecule has 0 saturated carbocycles. The van der Waals surface area contributed by atoms with Gasteiger partial charge in [-0.15, -0.1) is 0 Å². The summed E-state index contributed by atoms with van der Waals surface area (Å²) in [6, 6.07) is 8.35. The predicted molar refractivity (Wildman–Crippen MR) is 94.1 cm³/mol. The van der Waals surface area contributed by atoms with Crippen molar-refractivity contribution in [2.75, 3.05) is 29.9 Å². The monoisotopic (exact) mass is 322 g/mol. The van der Waals surface area contributed by atoms with Crippen molar-refractivity contribution in [1.82, 2.24) is 15.0 Å². The SMILES string of the molecule is Cc1cc(N(C)C2CCCN(c3nc(C)ccc3C#N)C2)ncn1. The van der Waals surface area contributed by atoms with Gasteiger partial charge in [-0.05, 0) is 38.8 Å². The Morgan fingerprint density at radius 2 is 2.08 bits per heavy atom. The van der Waals surface area contributed by atoms with Crippen LogP contribution < -0.4 is 9.80 Å². The second-order valence-electron chi connectivity index (χ2n) is 6.31. The quantitative estimate of drug-likeness (QED) is 0.864. The van der Waals surface area contributed by atoms with E-state index >= 15 is 0 Å². The maximum absolute atomic E-state index is 9.38. The van der Waals surface area contributed by atoms with E-state index in [9.17, 15) is 5.26 Å². The molecule has 6 heteroatoms. The summed E-state index contributed by atoms with van der Waals surface area (Å²) in [7, 11) is 2.07. The molecule has 0 spiro atoms. The molecule has 3 heterocycles. The Morgan fingerprint density at radius 1 is 1.25 bits per heavy atom. The molecule has 124 valence electrons. The molecule has 6 nitrogen and oxygen atoms in total. The van der Waals surface area contributed by atoms with Gasteiger partial charge >= 0.3 is 0 Å². The van der Waals surface area contributed by atoms with Crippen LogP contribution in [0.5, 0.6) is 0 Å². The minimum absolute atomic E-state index is 0.335. The Hall–Kier alpha value is -2.68. The van der Waals surface area contributed by atoms with Crippen molar-refractivity contribution in [3.05, 3.63) is 41.5 Å². The lowest BCUT2D eigenvalue weighted by atomic mass is 10.0. The highest BCUT2D eigenvalue weighted by atomic mass is 15.3. The second kappa shape index (κ2) is 6.83. The molecule has 0 bridgehead atoms. The number of likely N-dealkylation sites (N-methyl/N-ethyl adjacent to an activating group) is 1. The van der Waals surface area contributed by atoms with E-state index in [2.05, 4.69) is 37.9 Å². The van der Waals surface area contributed by atoms with Crippen molar-refractivity contribution >= 4 is 11.6 Å². The van der Waals surface area contributed by atoms with Crippen LogP contribution in [0, 0.1) is 25.2 Å². The van der Waals surface area contributed by atoms with Gasteiger partial charge < -0.3 is 9.80 Å². The topological polar surface area (TPSA) is 68.9 Å². The maximum Gasteiger partial charge on any atom is 0.146 e. The number of nitrogens with zero attached hydrogens (tertiary/aromatic N) is 6. The number of hydrogen-bond acceptors (Lipinski definition) is 6. The number of pyridine rings is 1. The zero-order valence-corrected chi connectivity index (χ0v) is 14.4. The van der Waals surface area contributed by atoms with Gasteiger partial charge in [-0.2, -0.15) is 5.26 Å². The summed E-state index contributed by atoms with van der Waals surface area (Å²) in [6.45, 7) is 5.70. The van der Waals surface area contributed by atoms with Gasteiger partial charge in [-0.25, -0.2) is 15.0 Å². The molecule has 1 unspecified atom stereocenters. The van der Waals surface area contributed by atoms with Crippen molar-refractivity contribution in [3.63, 3.8) is 0 Å². The zero-order chi connectivity index (χ0) is 17.1. The van der Waals surface area contributed by atoms with E-state index in [1.54, 1.807) is 6.33 Å². The summed E-state index contributed by atoms with van der Waals surface area (Å²) >= 11 is 0. The van der Waals surface area contributed by atoms with Crippen molar-refractivity contribution in [2.24, 2.45) is 0 Å². The normalized spacial score (nSPS) is 17.4. The van der Waals surface area contributed by atoms with E-state index in [-0.39, 0.29) is 0 Å². The highest BCUT2D eigenvalue weighted by molar-refractivity contribution is 5.55. The summed E-state index contributed by atoms with van der Waals surface area (Å²) in [5, 5.41) is 9.38. The van der Waals surface area contributed by atoms with Gasteiger partial charge in [0.1, 0.15) is 24.0 Å². The Kier molecular flexibility index (Phi) is 4.61. The number of aryl methyl sites for hydroxylation is 2. The first-order valence-electron chi connectivity index (χ1n) is 8.22. The standard InChI is InChI=1S/C18H22N6/c1-13-6-7-15(10-19)18(22-13)24-8-4-5-16(11-24)23(3)17-9-14(2)20-12-21-17/h6-7,9,12,16H,4-5,8,11H2,1-3H3. The minimum atomic E-state index is 0.335. The molecule has 2 aromatic rings. The molecule has 0 aliphatic carbocycles. The van der Waals surface area contributed by atoms with Crippen molar-refractivity contribution in [3.8, 4) is 6.07 Å². The van der Waals surface area contributed by atoms with E-state index < -0.39 is 0 Å². The van der Waals surface area contributed by atoms with Gasteiger partial charge in [0.05, 0.1) is 5.56 Å². The van der Waals surface area contributed by atoms with Crippen LogP contribution in [0.2, 0.25) is 0 Å². The molecule has 1 atom stereocenters. The van der Waals surface area contributed by atoms with Crippen LogP contribution in [-0.2, 0) is 0 Å². The van der Waals surface area contributed by atoms with E-state index in [0.717, 1.165) is 49.0 Å². The molecular weight excluding hydrogens is 300 g/mol. The molecule has 1 fully saturated rings. The highest BCUT2D eigenvalue weighted by Crippen LogP contribution is 2.25. The van der Waals surface area contributed by atoms with Gasteiger partial charge in [0.15, 0.2) is 0 Å². The number of hydrogen-bond donors (Lipinski definition) is 0. The predicted octanol–water partition coefficient (Wildman–Crippen LogP) is 2.47.